The number of nitrogens with two attached hydrogens (primary N) is 2. The van der Waals surface area contributed by atoms with E-state index >= 15 is 0 Å². The van der Waals surface area contributed by atoms with Gasteiger partial charge in [-0.05, 0) is 0 Å². The molecule has 0 aromatic heterocycles. The van der Waals surface area contributed by atoms with Crippen LogP contribution < -0.4 is 11.5 Å². The summed E-state index contributed by atoms with van der Waals surface area (Å²) in [6, 6.07) is 0. The molecule has 4 N–H and O–H groups in total. The van der Waals surface area contributed by atoms with E-state index in [9.17, 15) is 20.2 Å². The van der Waals surface area contributed by atoms with E-state index < -0.39 is 15.5 Å². The molecule has 0 spiro atoms. The Morgan fingerprint density at radius 3 is 1.46 bits per heavy atom. The van der Waals surface area contributed by atoms with Gasteiger partial charge < -0.3 is 11.5 Å². The predicted octanol–water partition coefficient (Wildman–Crippen LogP) is -1.07. The Labute approximate surface area is 74.2 Å². The van der Waals surface area contributed by atoms with Crippen LogP contribution in [0.2, 0.25) is 0 Å². The second kappa shape index (κ2) is 4.67. The van der Waals surface area contributed by atoms with Gasteiger partial charge in [-0.3, -0.25) is 20.2 Å². The van der Waals surface area contributed by atoms with Gasteiger partial charge in [0, 0.05) is 13.1 Å². The molecule has 0 bridgehead atoms. The molecule has 0 atom stereocenters. The Hall–Kier alpha value is -1.28. The maximum atomic E-state index is 10.5. The second-order valence-electron chi connectivity index (χ2n) is 2.57. The van der Waals surface area contributed by atoms with Crippen LogP contribution in [0.25, 0.3) is 0 Å². The molecular formula is C5H12N4O4. The van der Waals surface area contributed by atoms with Gasteiger partial charge in [-0.15, -0.1) is 0 Å². The summed E-state index contributed by atoms with van der Waals surface area (Å²) in [5.41, 5.74) is 7.94. The first-order valence-electron chi connectivity index (χ1n) is 3.70. The monoisotopic (exact) mass is 192 g/mol. The minimum absolute atomic E-state index is 0.109. The molecule has 76 valence electrons. The lowest BCUT2D eigenvalue weighted by Crippen LogP contribution is -2.49. The van der Waals surface area contributed by atoms with Crippen molar-refractivity contribution >= 4 is 0 Å². The van der Waals surface area contributed by atoms with Crippen LogP contribution in [-0.4, -0.2) is 28.6 Å². The lowest BCUT2D eigenvalue weighted by atomic mass is 10.0. The van der Waals surface area contributed by atoms with Gasteiger partial charge in [-0.2, -0.15) is 0 Å². The Bertz CT molecular complexity index is 185. The summed E-state index contributed by atoms with van der Waals surface area (Å²) in [6.45, 7) is -0.218. The van der Waals surface area contributed by atoms with E-state index in [1.165, 1.54) is 0 Å². The SMILES string of the molecule is NCCC(CCN)([N+](=O)[O-])[N+](=O)[O-]. The van der Waals surface area contributed by atoms with Crippen molar-refractivity contribution in [3.8, 4) is 0 Å². The zero-order valence-electron chi connectivity index (χ0n) is 7.01. The van der Waals surface area contributed by atoms with E-state index in [0.717, 1.165) is 0 Å². The molecule has 0 saturated heterocycles. The molecule has 0 rings (SSSR count). The highest BCUT2D eigenvalue weighted by Gasteiger charge is 2.54. The van der Waals surface area contributed by atoms with E-state index in [1.807, 2.05) is 0 Å². The summed E-state index contributed by atoms with van der Waals surface area (Å²) in [5, 5.41) is 21.0. The minimum Gasteiger partial charge on any atom is -0.330 e. The van der Waals surface area contributed by atoms with Crippen LogP contribution in [0.3, 0.4) is 0 Å². The first kappa shape index (κ1) is 11.7. The predicted molar refractivity (Wildman–Crippen MR) is 44.1 cm³/mol. The van der Waals surface area contributed by atoms with E-state index in [1.54, 1.807) is 0 Å². The average Bonchev–Trinajstić information content (AvgIpc) is 2.03. The highest BCUT2D eigenvalue weighted by molar-refractivity contribution is 4.68. The zero-order valence-corrected chi connectivity index (χ0v) is 7.01. The molecule has 0 unspecified atom stereocenters. The highest BCUT2D eigenvalue weighted by atomic mass is 16.7. The quantitative estimate of drug-likeness (QED) is 0.312. The van der Waals surface area contributed by atoms with Crippen molar-refractivity contribution < 1.29 is 9.85 Å². The zero-order chi connectivity index (χ0) is 10.5. The summed E-state index contributed by atoms with van der Waals surface area (Å²) >= 11 is 0. The Morgan fingerprint density at radius 1 is 1.00 bits per heavy atom. The minimum atomic E-state index is -2.20. The molecule has 0 radical (unpaired) electrons. The van der Waals surface area contributed by atoms with Crippen molar-refractivity contribution in [1.82, 2.24) is 0 Å². The molecule has 0 fully saturated rings. The molecule has 8 heteroatoms. The number of nitrogens with zero attached hydrogens (tertiary/aromatic N) is 2. The molecule has 0 amide bonds. The highest BCUT2D eigenvalue weighted by Crippen LogP contribution is 2.19. The molecule has 0 aliphatic heterocycles. The van der Waals surface area contributed by atoms with Gasteiger partial charge in [0.2, 0.25) is 0 Å². The third kappa shape index (κ3) is 2.33. The molecule has 0 heterocycles. The average molecular weight is 192 g/mol. The Kier molecular flexibility index (Phi) is 4.21. The van der Waals surface area contributed by atoms with Gasteiger partial charge in [0.05, 0.1) is 9.85 Å². The maximum absolute atomic E-state index is 10.5. The standard InChI is InChI=1S/C5H12N4O4/c6-3-1-5(2-4-7,8(10)11)9(12)13/h1-4,6-7H2. The van der Waals surface area contributed by atoms with Gasteiger partial charge in [0.1, 0.15) is 12.8 Å². The van der Waals surface area contributed by atoms with E-state index in [4.69, 9.17) is 11.5 Å². The van der Waals surface area contributed by atoms with Gasteiger partial charge >= 0.3 is 5.66 Å². The lowest BCUT2D eigenvalue weighted by molar-refractivity contribution is -0.798. The Morgan fingerprint density at radius 2 is 1.31 bits per heavy atom. The lowest BCUT2D eigenvalue weighted by Gasteiger charge is -2.15. The second-order valence-corrected chi connectivity index (χ2v) is 2.57. The van der Waals surface area contributed by atoms with E-state index in [2.05, 4.69) is 0 Å². The number of hydrogen-bond acceptors (Lipinski definition) is 6. The topological polar surface area (TPSA) is 138 Å². The van der Waals surface area contributed by atoms with Gasteiger partial charge in [0.15, 0.2) is 0 Å². The molecule has 8 nitrogen and oxygen atoms in total. The number of nitro groups is 2. The maximum Gasteiger partial charge on any atom is 0.460 e. The Balaban J connectivity index is 4.80. The molecule has 0 aliphatic rings. The van der Waals surface area contributed by atoms with Crippen LogP contribution in [-0.2, 0) is 0 Å². The normalized spacial score (nSPS) is 11.2. The third-order valence-electron chi connectivity index (χ3n) is 1.77. The van der Waals surface area contributed by atoms with Crippen LogP contribution in [0.5, 0.6) is 0 Å². The first-order chi connectivity index (χ1) is 6.01. The number of hydrogen-bond donors (Lipinski definition) is 2. The summed E-state index contributed by atoms with van der Waals surface area (Å²) in [4.78, 5) is 19.1. The van der Waals surface area contributed by atoms with Crippen LogP contribution >= 0.6 is 0 Å². The van der Waals surface area contributed by atoms with Crippen LogP contribution in [0, 0.1) is 20.2 Å². The first-order valence-corrected chi connectivity index (χ1v) is 3.70. The molecule has 0 aromatic carbocycles. The van der Waals surface area contributed by atoms with Gasteiger partial charge in [0.25, 0.3) is 0 Å². The van der Waals surface area contributed by atoms with Crippen molar-refractivity contribution in [3.05, 3.63) is 20.2 Å². The van der Waals surface area contributed by atoms with Crippen LogP contribution in [0.15, 0.2) is 0 Å². The molecule has 13 heavy (non-hydrogen) atoms. The summed E-state index contributed by atoms with van der Waals surface area (Å²) in [5.74, 6) is 0. The van der Waals surface area contributed by atoms with Crippen molar-refractivity contribution in [1.29, 1.82) is 0 Å². The smallest absolute Gasteiger partial charge is 0.330 e. The van der Waals surface area contributed by atoms with Gasteiger partial charge in [-0.25, -0.2) is 0 Å². The van der Waals surface area contributed by atoms with Crippen molar-refractivity contribution in [3.63, 3.8) is 0 Å². The van der Waals surface area contributed by atoms with Gasteiger partial charge in [-0.1, -0.05) is 0 Å². The third-order valence-corrected chi connectivity index (χ3v) is 1.77. The summed E-state index contributed by atoms with van der Waals surface area (Å²) in [6.07, 6.45) is -0.603. The van der Waals surface area contributed by atoms with E-state index in [-0.39, 0.29) is 25.9 Å². The molecule has 0 aromatic rings. The van der Waals surface area contributed by atoms with Crippen molar-refractivity contribution in [2.75, 3.05) is 13.1 Å². The van der Waals surface area contributed by atoms with Crippen molar-refractivity contribution in [2.24, 2.45) is 11.5 Å². The van der Waals surface area contributed by atoms with E-state index in [0.29, 0.717) is 0 Å². The molecule has 0 aliphatic carbocycles. The fraction of sp³-hybridized carbons (Fsp3) is 1.00. The molecular weight excluding hydrogens is 180 g/mol. The van der Waals surface area contributed by atoms with Crippen LogP contribution in [0.4, 0.5) is 0 Å². The fourth-order valence-electron chi connectivity index (χ4n) is 1.02. The number of rotatable bonds is 6. The van der Waals surface area contributed by atoms with Crippen LogP contribution in [0.1, 0.15) is 12.8 Å². The fourth-order valence-corrected chi connectivity index (χ4v) is 1.02. The summed E-state index contributed by atoms with van der Waals surface area (Å²) < 4.78 is 0. The summed E-state index contributed by atoms with van der Waals surface area (Å²) in [7, 11) is 0. The molecule has 0 saturated carbocycles. The van der Waals surface area contributed by atoms with Crippen molar-refractivity contribution in [2.45, 2.75) is 18.5 Å². The largest absolute Gasteiger partial charge is 0.460 e.